The fourth-order valence-corrected chi connectivity index (χ4v) is 0.598. The zero-order valence-electron chi connectivity index (χ0n) is 13.4. The van der Waals surface area contributed by atoms with Gasteiger partial charge in [-0.25, -0.2) is 0 Å². The summed E-state index contributed by atoms with van der Waals surface area (Å²) in [4.78, 5) is 0. The molecule has 0 saturated heterocycles. The van der Waals surface area contributed by atoms with Crippen molar-refractivity contribution in [3.63, 3.8) is 0 Å². The highest BCUT2D eigenvalue weighted by atomic mass is 14.6. The topological polar surface area (TPSA) is 26.0 Å². The highest BCUT2D eigenvalue weighted by Gasteiger charge is 1.94. The van der Waals surface area contributed by atoms with Gasteiger partial charge in [0, 0.05) is 10.2 Å². The first-order chi connectivity index (χ1) is 8.07. The molecule has 1 rings (SSSR count). The van der Waals surface area contributed by atoms with E-state index in [1.165, 1.54) is 0 Å². The van der Waals surface area contributed by atoms with Crippen LogP contribution in [0.15, 0.2) is 30.2 Å². The molecule has 0 radical (unpaired) electrons. The van der Waals surface area contributed by atoms with E-state index in [4.69, 9.17) is 16.7 Å². The monoisotopic (exact) mass is 143 g/mol. The maximum atomic E-state index is 7.62. The molecule has 0 aromatic heterocycles. The number of benzene rings is 1. The Morgan fingerprint density at radius 1 is 1.60 bits per heavy atom. The van der Waals surface area contributed by atoms with Crippen LogP contribution in [0.2, 0.25) is 0 Å². The molecule has 54 valence electrons. The van der Waals surface area contributed by atoms with Crippen molar-refractivity contribution in [2.45, 2.75) is 19.3 Å². The predicted octanol–water partition coefficient (Wildman–Crippen LogP) is 1.58. The van der Waals surface area contributed by atoms with E-state index < -0.39 is 43.1 Å². The lowest BCUT2D eigenvalue weighted by Gasteiger charge is -2.02. The van der Waals surface area contributed by atoms with Crippen molar-refractivity contribution < 1.29 is 11.0 Å². The van der Waals surface area contributed by atoms with Crippen LogP contribution in [0.3, 0.4) is 0 Å². The second-order valence-corrected chi connectivity index (χ2v) is 1.91. The quantitative estimate of drug-likeness (QED) is 0.668. The Hall–Kier alpha value is -0.820. The highest BCUT2D eigenvalue weighted by molar-refractivity contribution is 5.15. The van der Waals surface area contributed by atoms with E-state index in [0.29, 0.717) is 0 Å². The molecule has 0 amide bonds. The molecular formula is C9H13N. The van der Waals surface area contributed by atoms with Crippen molar-refractivity contribution in [3.05, 3.63) is 35.8 Å². The van der Waals surface area contributed by atoms with Crippen LogP contribution in [0.4, 0.5) is 0 Å². The molecule has 0 heterocycles. The Morgan fingerprint density at radius 3 is 2.90 bits per heavy atom. The van der Waals surface area contributed by atoms with E-state index in [1.54, 1.807) is 0 Å². The second kappa shape index (κ2) is 3.37. The highest BCUT2D eigenvalue weighted by Crippen LogP contribution is 2.00. The summed E-state index contributed by atoms with van der Waals surface area (Å²) in [5.41, 5.74) is 5.40. The zero-order chi connectivity index (χ0) is 14.2. The van der Waals surface area contributed by atoms with Gasteiger partial charge in [0.05, 0.1) is 6.85 Å². The first-order valence-corrected chi connectivity index (χ1v) is 2.88. The molecule has 2 N–H and O–H groups in total. The van der Waals surface area contributed by atoms with Crippen LogP contribution in [0, 0.1) is 0 Å². The number of rotatable bonds is 2. The summed E-state index contributed by atoms with van der Waals surface area (Å²) in [6.45, 7) is -2.43. The predicted molar refractivity (Wildman–Crippen MR) is 43.8 cm³/mol. The van der Waals surface area contributed by atoms with Gasteiger partial charge in [-0.2, -0.15) is 0 Å². The lowest BCUT2D eigenvalue weighted by Crippen LogP contribution is -2.17. The Bertz CT molecular complexity index is 438. The molecule has 0 aliphatic rings. The first kappa shape index (κ1) is 2.08. The minimum atomic E-state index is -2.43. The zero-order valence-corrected chi connectivity index (χ0v) is 5.36. The Morgan fingerprint density at radius 2 is 2.30 bits per heavy atom. The summed E-state index contributed by atoms with van der Waals surface area (Å²) >= 11 is 0. The molecule has 0 saturated carbocycles. The summed E-state index contributed by atoms with van der Waals surface area (Å²) in [7, 11) is 0. The molecule has 1 nitrogen and oxygen atoms in total. The third-order valence-corrected chi connectivity index (χ3v) is 0.976. The molecule has 1 atom stereocenters. The summed E-state index contributed by atoms with van der Waals surface area (Å²) in [5, 5.41) is 0. The van der Waals surface area contributed by atoms with Crippen molar-refractivity contribution >= 4 is 0 Å². The fourth-order valence-electron chi connectivity index (χ4n) is 0.598. The summed E-state index contributed by atoms with van der Waals surface area (Å²) < 4.78 is 58.9. The molecule has 0 spiro atoms. The van der Waals surface area contributed by atoms with Crippen LogP contribution in [0.1, 0.15) is 23.4 Å². The maximum absolute atomic E-state index is 7.62. The van der Waals surface area contributed by atoms with Crippen molar-refractivity contribution in [2.24, 2.45) is 5.73 Å². The largest absolute Gasteiger partial charge is 0.328 e. The van der Waals surface area contributed by atoms with Crippen LogP contribution < -0.4 is 5.73 Å². The molecule has 0 fully saturated rings. The Labute approximate surface area is 73.1 Å². The van der Waals surface area contributed by atoms with Gasteiger partial charge in [0.25, 0.3) is 0 Å². The van der Waals surface area contributed by atoms with E-state index in [1.807, 2.05) is 0 Å². The number of nitrogens with two attached hydrogens (primary N) is 1. The van der Waals surface area contributed by atoms with Gasteiger partial charge in [0.15, 0.2) is 0 Å². The molecule has 1 aromatic rings. The van der Waals surface area contributed by atoms with E-state index >= 15 is 0 Å². The molecule has 1 heteroatoms. The second-order valence-electron chi connectivity index (χ2n) is 1.91. The average Bonchev–Trinajstić information content (AvgIpc) is 2.28. The van der Waals surface area contributed by atoms with Gasteiger partial charge < -0.3 is 5.73 Å². The SMILES string of the molecule is [2H]c1c([2H])c([2H])c(C[C@H](N)C([2H])([2H])[2H])c([2H])c1[2H]. The van der Waals surface area contributed by atoms with Gasteiger partial charge in [-0.1, -0.05) is 30.2 Å². The molecule has 0 bridgehead atoms. The van der Waals surface area contributed by atoms with Crippen molar-refractivity contribution in [1.29, 1.82) is 0 Å². The lowest BCUT2D eigenvalue weighted by atomic mass is 10.1. The standard InChI is InChI=1S/C9H13N/c1-8(10)7-9-5-3-2-4-6-9/h2-6,8H,7,10H2,1H3/t8-/m1/s1/i1D3,2D,3D,4D,5D,6D. The van der Waals surface area contributed by atoms with Gasteiger partial charge in [-0.05, 0) is 18.8 Å². The smallest absolute Gasteiger partial charge is 0.0626 e. The minimum Gasteiger partial charge on any atom is -0.328 e. The van der Waals surface area contributed by atoms with E-state index in [-0.39, 0.29) is 12.0 Å². The lowest BCUT2D eigenvalue weighted by molar-refractivity contribution is 0.738. The number of hydrogen-bond acceptors (Lipinski definition) is 1. The maximum Gasteiger partial charge on any atom is 0.0626 e. The first-order valence-electron chi connectivity index (χ1n) is 6.88. The molecule has 0 aliphatic carbocycles. The van der Waals surface area contributed by atoms with Crippen molar-refractivity contribution in [1.82, 2.24) is 0 Å². The van der Waals surface area contributed by atoms with Crippen LogP contribution in [-0.4, -0.2) is 6.04 Å². The summed E-state index contributed by atoms with van der Waals surface area (Å²) in [5.74, 6) is 0. The van der Waals surface area contributed by atoms with Crippen LogP contribution >= 0.6 is 0 Å². The number of hydrogen-bond donors (Lipinski definition) is 1. The summed E-state index contributed by atoms with van der Waals surface area (Å²) in [6, 6.07) is -3.54. The summed E-state index contributed by atoms with van der Waals surface area (Å²) in [6.07, 6.45) is -0.286. The van der Waals surface area contributed by atoms with E-state index in [0.717, 1.165) is 0 Å². The Balaban J connectivity index is 3.26. The normalized spacial score (nSPS) is 25.7. The molecule has 0 unspecified atom stereocenters. The van der Waals surface area contributed by atoms with Gasteiger partial charge >= 0.3 is 0 Å². The van der Waals surface area contributed by atoms with Gasteiger partial charge in [-0.15, -0.1) is 0 Å². The fraction of sp³-hybridized carbons (Fsp3) is 0.333. The van der Waals surface area contributed by atoms with Gasteiger partial charge in [0.2, 0.25) is 0 Å². The minimum absolute atomic E-state index is 0.0652. The third kappa shape index (κ3) is 2.19. The van der Waals surface area contributed by atoms with Gasteiger partial charge in [0.1, 0.15) is 0 Å². The third-order valence-electron chi connectivity index (χ3n) is 0.976. The molecule has 1 aromatic carbocycles. The van der Waals surface area contributed by atoms with E-state index in [9.17, 15) is 0 Å². The van der Waals surface area contributed by atoms with Crippen LogP contribution in [0.25, 0.3) is 0 Å². The van der Waals surface area contributed by atoms with Crippen molar-refractivity contribution in [3.8, 4) is 0 Å². The van der Waals surface area contributed by atoms with E-state index in [2.05, 4.69) is 0 Å². The van der Waals surface area contributed by atoms with Crippen LogP contribution in [-0.2, 0) is 6.42 Å². The van der Waals surface area contributed by atoms with Crippen molar-refractivity contribution in [2.75, 3.05) is 0 Å². The average molecular weight is 143 g/mol. The Kier molecular flexibility index (Phi) is 0.702. The molecule has 0 aliphatic heterocycles. The van der Waals surface area contributed by atoms with Gasteiger partial charge in [-0.3, -0.25) is 0 Å². The molecule has 10 heavy (non-hydrogen) atoms. The molecular weight excluding hydrogens is 122 g/mol. The van der Waals surface area contributed by atoms with Crippen LogP contribution in [0.5, 0.6) is 0 Å².